The summed E-state index contributed by atoms with van der Waals surface area (Å²) < 4.78 is 28.7. The highest BCUT2D eigenvalue weighted by Crippen LogP contribution is 2.26. The minimum atomic E-state index is -2.67. The first-order chi connectivity index (χ1) is 8.38. The average Bonchev–Trinajstić information content (AvgIpc) is 2.25. The minimum absolute atomic E-state index is 0.0664. The summed E-state index contributed by atoms with van der Waals surface area (Å²) >= 11 is 4.57. The molecule has 0 spiro atoms. The van der Waals surface area contributed by atoms with Gasteiger partial charge in [-0.1, -0.05) is 0 Å². The van der Waals surface area contributed by atoms with Crippen molar-refractivity contribution in [3.05, 3.63) is 28.3 Å². The predicted octanol–water partition coefficient (Wildman–Crippen LogP) is 1.89. The summed E-state index contributed by atoms with van der Waals surface area (Å²) in [4.78, 5) is 9.96. The van der Waals surface area contributed by atoms with Gasteiger partial charge in [-0.15, -0.1) is 0 Å². The van der Waals surface area contributed by atoms with Gasteiger partial charge >= 0.3 is 0 Å². The molecule has 0 saturated carbocycles. The van der Waals surface area contributed by atoms with Gasteiger partial charge in [-0.2, -0.15) is 0 Å². The Balaban J connectivity index is 2.98. The van der Waals surface area contributed by atoms with Crippen LogP contribution in [0.15, 0.2) is 18.2 Å². The van der Waals surface area contributed by atoms with Crippen LogP contribution < -0.4 is 15.8 Å². The van der Waals surface area contributed by atoms with Gasteiger partial charge in [0.15, 0.2) is 5.11 Å². The molecule has 0 aromatic heterocycles. The number of ether oxygens (including phenoxy) is 1. The fourth-order valence-electron chi connectivity index (χ4n) is 1.15. The third-order valence-corrected chi connectivity index (χ3v) is 1.85. The first-order valence-corrected chi connectivity index (χ1v) is 5.06. The molecule has 0 radical (unpaired) electrons. The van der Waals surface area contributed by atoms with Gasteiger partial charge in [0.25, 0.3) is 12.1 Å². The Bertz CT molecular complexity index is 470. The molecule has 98 valence electrons. The fraction of sp³-hybridized carbons (Fsp3) is 0.222. The molecule has 0 atom stereocenters. The number of halogens is 2. The molecule has 0 unspecified atom stereocenters. The highest BCUT2D eigenvalue weighted by Gasteiger charge is 2.12. The van der Waals surface area contributed by atoms with Crippen LogP contribution in [0.5, 0.6) is 5.75 Å². The monoisotopic (exact) mass is 277 g/mol. The van der Waals surface area contributed by atoms with Gasteiger partial charge in [-0.05, 0) is 12.2 Å². The zero-order valence-electron chi connectivity index (χ0n) is 8.93. The number of alkyl halides is 2. The molecule has 0 fully saturated rings. The van der Waals surface area contributed by atoms with Crippen molar-refractivity contribution in [1.82, 2.24) is 0 Å². The van der Waals surface area contributed by atoms with E-state index in [1.54, 1.807) is 0 Å². The Labute approximate surface area is 106 Å². The van der Waals surface area contributed by atoms with E-state index in [-0.39, 0.29) is 22.2 Å². The lowest BCUT2D eigenvalue weighted by Crippen LogP contribution is -2.19. The first kappa shape index (κ1) is 14.0. The SMILES string of the molecule is NC(=S)Nc1cc(OCC(F)F)cc([N+](=O)[O-])c1. The van der Waals surface area contributed by atoms with Gasteiger partial charge in [0.2, 0.25) is 0 Å². The summed E-state index contributed by atoms with van der Waals surface area (Å²) in [6.07, 6.45) is -2.67. The highest BCUT2D eigenvalue weighted by molar-refractivity contribution is 7.80. The summed E-state index contributed by atoms with van der Waals surface area (Å²) in [5, 5.41) is 13.0. The molecule has 0 saturated heterocycles. The zero-order chi connectivity index (χ0) is 13.7. The van der Waals surface area contributed by atoms with Crippen molar-refractivity contribution in [2.75, 3.05) is 11.9 Å². The van der Waals surface area contributed by atoms with Gasteiger partial charge in [0.05, 0.1) is 16.7 Å². The van der Waals surface area contributed by atoms with E-state index < -0.39 is 18.0 Å². The Hall–Kier alpha value is -2.03. The molecular formula is C9H9F2N3O3S. The number of nitrogens with one attached hydrogen (secondary N) is 1. The van der Waals surface area contributed by atoms with Crippen LogP contribution in [0.25, 0.3) is 0 Å². The number of nitrogens with zero attached hydrogens (tertiary/aromatic N) is 1. The summed E-state index contributed by atoms with van der Waals surface area (Å²) in [6.45, 7) is -0.853. The lowest BCUT2D eigenvalue weighted by Gasteiger charge is -2.08. The second-order valence-electron chi connectivity index (χ2n) is 3.16. The molecule has 0 aliphatic rings. The normalized spacial score (nSPS) is 10.2. The topological polar surface area (TPSA) is 90.4 Å². The lowest BCUT2D eigenvalue weighted by atomic mass is 10.2. The van der Waals surface area contributed by atoms with Crippen molar-refractivity contribution >= 4 is 28.7 Å². The molecule has 0 heterocycles. The van der Waals surface area contributed by atoms with Gasteiger partial charge < -0.3 is 15.8 Å². The van der Waals surface area contributed by atoms with Gasteiger partial charge in [0, 0.05) is 12.1 Å². The third-order valence-electron chi connectivity index (χ3n) is 1.75. The Kier molecular flexibility index (Phi) is 4.72. The van der Waals surface area contributed by atoms with E-state index in [0.29, 0.717) is 0 Å². The Morgan fingerprint density at radius 3 is 2.72 bits per heavy atom. The smallest absolute Gasteiger partial charge is 0.275 e. The molecule has 0 amide bonds. The van der Waals surface area contributed by atoms with E-state index in [9.17, 15) is 18.9 Å². The number of hydrogen-bond acceptors (Lipinski definition) is 4. The summed E-state index contributed by atoms with van der Waals surface area (Å²) in [5.74, 6) is -0.0664. The van der Waals surface area contributed by atoms with Crippen molar-refractivity contribution < 1.29 is 18.4 Å². The number of hydrogen-bond donors (Lipinski definition) is 2. The number of non-ortho nitro benzene ring substituents is 1. The molecule has 0 bridgehead atoms. The predicted molar refractivity (Wildman–Crippen MR) is 65.0 cm³/mol. The van der Waals surface area contributed by atoms with Crippen molar-refractivity contribution in [2.45, 2.75) is 6.43 Å². The number of nitro benzene ring substituents is 1. The van der Waals surface area contributed by atoms with Gasteiger partial charge in [-0.25, -0.2) is 8.78 Å². The summed E-state index contributed by atoms with van der Waals surface area (Å²) in [7, 11) is 0. The molecule has 18 heavy (non-hydrogen) atoms. The van der Waals surface area contributed by atoms with Crippen LogP contribution in [-0.4, -0.2) is 23.1 Å². The van der Waals surface area contributed by atoms with E-state index in [1.165, 1.54) is 6.07 Å². The number of rotatable bonds is 5. The second kappa shape index (κ2) is 6.05. The fourth-order valence-corrected chi connectivity index (χ4v) is 1.26. The van der Waals surface area contributed by atoms with Crippen molar-refractivity contribution in [1.29, 1.82) is 0 Å². The molecule has 1 aromatic carbocycles. The van der Waals surface area contributed by atoms with Crippen LogP contribution in [0, 0.1) is 10.1 Å². The van der Waals surface area contributed by atoms with E-state index >= 15 is 0 Å². The lowest BCUT2D eigenvalue weighted by molar-refractivity contribution is -0.384. The third kappa shape index (κ3) is 4.45. The van der Waals surface area contributed by atoms with E-state index in [2.05, 4.69) is 17.5 Å². The molecule has 0 aliphatic heterocycles. The van der Waals surface area contributed by atoms with Crippen LogP contribution in [0.2, 0.25) is 0 Å². The Morgan fingerprint density at radius 1 is 1.56 bits per heavy atom. The maximum absolute atomic E-state index is 12.0. The van der Waals surface area contributed by atoms with Crippen molar-refractivity contribution in [3.8, 4) is 5.75 Å². The number of benzene rings is 1. The molecule has 6 nitrogen and oxygen atoms in total. The van der Waals surface area contributed by atoms with E-state index in [4.69, 9.17) is 10.5 Å². The quantitative estimate of drug-likeness (QED) is 0.485. The Morgan fingerprint density at radius 2 is 2.22 bits per heavy atom. The second-order valence-corrected chi connectivity index (χ2v) is 3.60. The maximum Gasteiger partial charge on any atom is 0.275 e. The zero-order valence-corrected chi connectivity index (χ0v) is 9.75. The van der Waals surface area contributed by atoms with Crippen LogP contribution >= 0.6 is 12.2 Å². The molecule has 9 heteroatoms. The molecule has 1 rings (SSSR count). The summed E-state index contributed by atoms with van der Waals surface area (Å²) in [5.41, 5.74) is 5.09. The summed E-state index contributed by atoms with van der Waals surface area (Å²) in [6, 6.07) is 3.48. The molecular weight excluding hydrogens is 268 g/mol. The molecule has 0 aliphatic carbocycles. The van der Waals surface area contributed by atoms with Crippen molar-refractivity contribution in [3.63, 3.8) is 0 Å². The molecule has 3 N–H and O–H groups in total. The average molecular weight is 277 g/mol. The maximum atomic E-state index is 12.0. The standard InChI is InChI=1S/C9H9F2N3O3S/c10-8(11)4-17-7-2-5(13-9(12)18)1-6(3-7)14(15)16/h1-3,8H,4H2,(H3,12,13,18). The minimum Gasteiger partial charge on any atom is -0.487 e. The number of anilines is 1. The van der Waals surface area contributed by atoms with Gasteiger partial charge in [0.1, 0.15) is 12.4 Å². The molecule has 1 aromatic rings. The first-order valence-electron chi connectivity index (χ1n) is 4.65. The van der Waals surface area contributed by atoms with Crippen molar-refractivity contribution in [2.24, 2.45) is 5.73 Å². The van der Waals surface area contributed by atoms with Crippen LogP contribution in [0.3, 0.4) is 0 Å². The number of nitrogens with two attached hydrogens (primary N) is 1. The van der Waals surface area contributed by atoms with Crippen LogP contribution in [0.4, 0.5) is 20.2 Å². The number of thiocarbonyl (C=S) groups is 1. The van der Waals surface area contributed by atoms with E-state index in [0.717, 1.165) is 12.1 Å². The largest absolute Gasteiger partial charge is 0.487 e. The van der Waals surface area contributed by atoms with Crippen LogP contribution in [0.1, 0.15) is 0 Å². The van der Waals surface area contributed by atoms with Crippen LogP contribution in [-0.2, 0) is 0 Å². The van der Waals surface area contributed by atoms with E-state index in [1.807, 2.05) is 0 Å². The van der Waals surface area contributed by atoms with Gasteiger partial charge in [-0.3, -0.25) is 10.1 Å². The number of nitro groups is 1. The highest BCUT2D eigenvalue weighted by atomic mass is 32.1.